The number of aromatic nitrogens is 2. The Morgan fingerprint density at radius 1 is 1.31 bits per heavy atom. The first-order valence-corrected chi connectivity index (χ1v) is 5.11. The van der Waals surface area contributed by atoms with E-state index in [0.717, 1.165) is 11.3 Å². The molecule has 0 bridgehead atoms. The van der Waals surface area contributed by atoms with Gasteiger partial charge in [0.05, 0.1) is 5.56 Å². The Hall–Kier alpha value is -1.84. The van der Waals surface area contributed by atoms with Gasteiger partial charge in [0.25, 0.3) is 0 Å². The summed E-state index contributed by atoms with van der Waals surface area (Å²) in [6.07, 6.45) is 3.37. The van der Waals surface area contributed by atoms with Crippen molar-refractivity contribution in [3.05, 3.63) is 40.9 Å². The largest absolute Gasteiger partial charge is 0.466 e. The number of hydrogen-bond acceptors (Lipinski definition) is 3. The van der Waals surface area contributed by atoms with E-state index < -0.39 is 0 Å². The van der Waals surface area contributed by atoms with Gasteiger partial charge in [-0.1, -0.05) is 0 Å². The number of carbonyl (C=O) groups excluding carboxylic acids is 1. The number of rotatable bonds is 2. The minimum atomic E-state index is -0.0839. The molecule has 4 heteroatoms. The highest BCUT2D eigenvalue weighted by atomic mass is 16.3. The summed E-state index contributed by atoms with van der Waals surface area (Å²) in [4.78, 5) is 16.3. The van der Waals surface area contributed by atoms with Crippen LogP contribution in [0.2, 0.25) is 0 Å². The number of nitrogens with zero attached hydrogens (tertiary/aromatic N) is 2. The number of ketones is 1. The lowest BCUT2D eigenvalue weighted by Crippen LogP contribution is -2.10. The Morgan fingerprint density at radius 2 is 2.00 bits per heavy atom. The predicted molar refractivity (Wildman–Crippen MR) is 59.6 cm³/mol. The molecule has 0 amide bonds. The van der Waals surface area contributed by atoms with E-state index in [2.05, 4.69) is 4.98 Å². The van der Waals surface area contributed by atoms with Crippen molar-refractivity contribution in [2.75, 3.05) is 0 Å². The van der Waals surface area contributed by atoms with Gasteiger partial charge in [0.1, 0.15) is 11.5 Å². The summed E-state index contributed by atoms with van der Waals surface area (Å²) >= 11 is 0. The number of furan rings is 1. The van der Waals surface area contributed by atoms with Crippen LogP contribution in [0.15, 0.2) is 16.8 Å². The molecular formula is C12H14N2O2. The highest BCUT2D eigenvalue weighted by Gasteiger charge is 2.22. The average Bonchev–Trinajstić information content (AvgIpc) is 2.73. The lowest BCUT2D eigenvalue weighted by Gasteiger charge is -2.00. The van der Waals surface area contributed by atoms with Crippen molar-refractivity contribution >= 4 is 5.78 Å². The van der Waals surface area contributed by atoms with Crippen molar-refractivity contribution in [3.63, 3.8) is 0 Å². The molecule has 0 aliphatic rings. The van der Waals surface area contributed by atoms with Crippen LogP contribution in [0.1, 0.15) is 33.3 Å². The maximum absolute atomic E-state index is 12.2. The number of imidazole rings is 1. The van der Waals surface area contributed by atoms with E-state index in [9.17, 15) is 4.79 Å². The molecule has 2 rings (SSSR count). The van der Waals surface area contributed by atoms with Gasteiger partial charge in [0, 0.05) is 25.0 Å². The van der Waals surface area contributed by atoms with Crippen molar-refractivity contribution in [1.82, 2.24) is 9.55 Å². The second-order valence-corrected chi connectivity index (χ2v) is 3.91. The fourth-order valence-electron chi connectivity index (χ4n) is 1.82. The monoisotopic (exact) mass is 218 g/mol. The van der Waals surface area contributed by atoms with Gasteiger partial charge in [0.15, 0.2) is 5.82 Å². The van der Waals surface area contributed by atoms with Crippen LogP contribution in [0.25, 0.3) is 0 Å². The molecule has 0 spiro atoms. The van der Waals surface area contributed by atoms with Crippen molar-refractivity contribution in [1.29, 1.82) is 0 Å². The van der Waals surface area contributed by atoms with E-state index in [1.54, 1.807) is 30.9 Å². The normalized spacial score (nSPS) is 10.8. The summed E-state index contributed by atoms with van der Waals surface area (Å²) in [5.41, 5.74) is 1.53. The van der Waals surface area contributed by atoms with Gasteiger partial charge in [0.2, 0.25) is 5.78 Å². The van der Waals surface area contributed by atoms with Crippen LogP contribution in [-0.4, -0.2) is 15.3 Å². The van der Waals surface area contributed by atoms with Gasteiger partial charge >= 0.3 is 0 Å². The van der Waals surface area contributed by atoms with Crippen LogP contribution in [0.4, 0.5) is 0 Å². The molecule has 0 N–H and O–H groups in total. The Labute approximate surface area is 93.9 Å². The first kappa shape index (κ1) is 10.7. The van der Waals surface area contributed by atoms with Gasteiger partial charge in [-0.2, -0.15) is 0 Å². The molecule has 0 aliphatic heterocycles. The van der Waals surface area contributed by atoms with Gasteiger partial charge in [-0.05, 0) is 20.8 Å². The molecule has 0 saturated heterocycles. The SMILES string of the molecule is Cc1oc(C)c(C(=O)c2nccn2C)c1C. The zero-order chi connectivity index (χ0) is 11.9. The van der Waals surface area contributed by atoms with E-state index in [1.165, 1.54) is 0 Å². The molecule has 84 valence electrons. The third kappa shape index (κ3) is 1.46. The number of hydrogen-bond donors (Lipinski definition) is 0. The topological polar surface area (TPSA) is 48.0 Å². The molecule has 0 atom stereocenters. The Kier molecular flexibility index (Phi) is 2.42. The van der Waals surface area contributed by atoms with Crippen molar-refractivity contribution in [3.8, 4) is 0 Å². The van der Waals surface area contributed by atoms with E-state index >= 15 is 0 Å². The zero-order valence-corrected chi connectivity index (χ0v) is 9.87. The molecule has 4 nitrogen and oxygen atoms in total. The third-order valence-electron chi connectivity index (χ3n) is 2.81. The molecule has 2 aromatic rings. The molecule has 16 heavy (non-hydrogen) atoms. The summed E-state index contributed by atoms with van der Waals surface area (Å²) < 4.78 is 7.16. The van der Waals surface area contributed by atoms with Crippen molar-refractivity contribution in [2.24, 2.45) is 7.05 Å². The van der Waals surface area contributed by atoms with Gasteiger partial charge in [-0.15, -0.1) is 0 Å². The van der Waals surface area contributed by atoms with Crippen LogP contribution in [0.5, 0.6) is 0 Å². The van der Waals surface area contributed by atoms with Crippen LogP contribution < -0.4 is 0 Å². The lowest BCUT2D eigenvalue weighted by molar-refractivity contribution is 0.102. The Bertz CT molecular complexity index is 549. The second-order valence-electron chi connectivity index (χ2n) is 3.91. The second kappa shape index (κ2) is 3.63. The van der Waals surface area contributed by atoms with Gasteiger partial charge < -0.3 is 8.98 Å². The summed E-state index contributed by atoms with van der Waals surface area (Å²) in [5.74, 6) is 1.80. The maximum Gasteiger partial charge on any atom is 0.232 e. The molecule has 0 radical (unpaired) electrons. The smallest absolute Gasteiger partial charge is 0.232 e. The first-order chi connectivity index (χ1) is 7.52. The van der Waals surface area contributed by atoms with E-state index in [-0.39, 0.29) is 5.78 Å². The molecular weight excluding hydrogens is 204 g/mol. The average molecular weight is 218 g/mol. The number of aryl methyl sites for hydroxylation is 3. The lowest BCUT2D eigenvalue weighted by atomic mass is 10.1. The van der Waals surface area contributed by atoms with Crippen molar-refractivity contribution in [2.45, 2.75) is 20.8 Å². The third-order valence-corrected chi connectivity index (χ3v) is 2.81. The van der Waals surface area contributed by atoms with E-state index in [4.69, 9.17) is 4.42 Å². The van der Waals surface area contributed by atoms with Crippen molar-refractivity contribution < 1.29 is 9.21 Å². The minimum absolute atomic E-state index is 0.0839. The predicted octanol–water partition coefficient (Wildman–Crippen LogP) is 2.17. The van der Waals surface area contributed by atoms with Gasteiger partial charge in [-0.3, -0.25) is 4.79 Å². The fraction of sp³-hybridized carbons (Fsp3) is 0.333. The van der Waals surface area contributed by atoms with E-state index in [1.807, 2.05) is 13.8 Å². The summed E-state index contributed by atoms with van der Waals surface area (Å²) in [6.45, 7) is 5.55. The number of carbonyl (C=O) groups is 1. The molecule has 2 aromatic heterocycles. The maximum atomic E-state index is 12.2. The standard InChI is InChI=1S/C12H14N2O2/c1-7-8(2)16-9(3)10(7)11(15)12-13-5-6-14(12)4/h5-6H,1-4H3. The highest BCUT2D eigenvalue weighted by molar-refractivity contribution is 6.08. The van der Waals surface area contributed by atoms with Gasteiger partial charge in [-0.25, -0.2) is 4.98 Å². The first-order valence-electron chi connectivity index (χ1n) is 5.11. The Balaban J connectivity index is 2.54. The quantitative estimate of drug-likeness (QED) is 0.726. The van der Waals surface area contributed by atoms with Crippen LogP contribution in [-0.2, 0) is 7.05 Å². The van der Waals surface area contributed by atoms with Crippen LogP contribution >= 0.6 is 0 Å². The highest BCUT2D eigenvalue weighted by Crippen LogP contribution is 2.22. The summed E-state index contributed by atoms with van der Waals surface area (Å²) in [7, 11) is 1.80. The zero-order valence-electron chi connectivity index (χ0n) is 9.87. The minimum Gasteiger partial charge on any atom is -0.466 e. The molecule has 0 aromatic carbocycles. The van der Waals surface area contributed by atoms with E-state index in [0.29, 0.717) is 17.1 Å². The fourth-order valence-corrected chi connectivity index (χ4v) is 1.82. The molecule has 0 aliphatic carbocycles. The molecule has 0 fully saturated rings. The van der Waals surface area contributed by atoms with Crippen LogP contribution in [0, 0.1) is 20.8 Å². The molecule has 0 saturated carbocycles. The molecule has 2 heterocycles. The van der Waals surface area contributed by atoms with Crippen LogP contribution in [0.3, 0.4) is 0 Å². The Morgan fingerprint density at radius 3 is 2.44 bits per heavy atom. The summed E-state index contributed by atoms with van der Waals surface area (Å²) in [5, 5.41) is 0. The molecule has 0 unspecified atom stereocenters. The summed E-state index contributed by atoms with van der Waals surface area (Å²) in [6, 6.07) is 0.